The van der Waals surface area contributed by atoms with Crippen LogP contribution in [0.25, 0.3) is 0 Å². The van der Waals surface area contributed by atoms with E-state index < -0.39 is 40.2 Å². The molecule has 1 atom stereocenters. The Morgan fingerprint density at radius 2 is 1.50 bits per heavy atom. The predicted octanol–water partition coefficient (Wildman–Crippen LogP) is 6.49. The molecule has 0 bridgehead atoms. The Balaban J connectivity index is 1.81. The van der Waals surface area contributed by atoms with E-state index in [1.54, 1.807) is 18.2 Å². The van der Waals surface area contributed by atoms with Crippen LogP contribution >= 0.6 is 23.2 Å². The molecule has 11 heteroatoms. The number of hydrogen-bond acceptors (Lipinski definition) is 4. The lowest BCUT2D eigenvalue weighted by molar-refractivity contribution is -0.140. The quantitative estimate of drug-likeness (QED) is 0.178. The van der Waals surface area contributed by atoms with Crippen LogP contribution in [-0.4, -0.2) is 44.3 Å². The Kier molecular flexibility index (Phi) is 11.4. The molecular weight excluding hydrogens is 624 g/mol. The van der Waals surface area contributed by atoms with Crippen LogP contribution in [0.3, 0.4) is 0 Å². The van der Waals surface area contributed by atoms with Crippen molar-refractivity contribution in [3.05, 3.63) is 130 Å². The third-order valence-electron chi connectivity index (χ3n) is 6.87. The van der Waals surface area contributed by atoms with Gasteiger partial charge in [0.15, 0.2) is 0 Å². The van der Waals surface area contributed by atoms with Gasteiger partial charge in [-0.2, -0.15) is 0 Å². The van der Waals surface area contributed by atoms with Gasteiger partial charge in [-0.15, -0.1) is 0 Å². The van der Waals surface area contributed by atoms with Crippen LogP contribution < -0.4 is 9.62 Å². The van der Waals surface area contributed by atoms with E-state index >= 15 is 0 Å². The van der Waals surface area contributed by atoms with E-state index in [4.69, 9.17) is 23.2 Å². The van der Waals surface area contributed by atoms with Gasteiger partial charge in [0.2, 0.25) is 11.8 Å². The zero-order valence-electron chi connectivity index (χ0n) is 24.0. The highest BCUT2D eigenvalue weighted by Crippen LogP contribution is 2.33. The number of amides is 2. The van der Waals surface area contributed by atoms with Gasteiger partial charge in [0.05, 0.1) is 15.6 Å². The van der Waals surface area contributed by atoms with Gasteiger partial charge >= 0.3 is 0 Å². The average Bonchev–Trinajstić information content (AvgIpc) is 3.03. The molecule has 0 spiro atoms. The lowest BCUT2D eigenvalue weighted by Gasteiger charge is -2.34. The molecular formula is C33H32Cl2FN3O4S. The Morgan fingerprint density at radius 3 is 2.14 bits per heavy atom. The van der Waals surface area contributed by atoms with Crippen LogP contribution in [0.2, 0.25) is 10.0 Å². The summed E-state index contributed by atoms with van der Waals surface area (Å²) in [5.41, 5.74) is 1.36. The van der Waals surface area contributed by atoms with Crippen LogP contribution in [0.1, 0.15) is 24.5 Å². The standard InChI is InChI=1S/C33H32Cl2FN3O4S/c1-2-19-37-33(41)31(20-24-9-5-3-6-10-24)38(22-25-13-16-27(36)17-14-25)32(40)23-39(30-21-26(34)15-18-29(30)35)44(42,43)28-11-7-4-8-12-28/h3-18,21,31H,2,19-20,22-23H2,1H3,(H,37,41). The number of nitrogens with zero attached hydrogens (tertiary/aromatic N) is 2. The van der Waals surface area contributed by atoms with Crippen molar-refractivity contribution in [2.75, 3.05) is 17.4 Å². The van der Waals surface area contributed by atoms with Crippen LogP contribution in [0, 0.1) is 5.82 Å². The summed E-state index contributed by atoms with van der Waals surface area (Å²) in [7, 11) is -4.33. The van der Waals surface area contributed by atoms with Gasteiger partial charge in [0.25, 0.3) is 10.0 Å². The third kappa shape index (κ3) is 8.37. The van der Waals surface area contributed by atoms with Gasteiger partial charge in [0.1, 0.15) is 18.4 Å². The van der Waals surface area contributed by atoms with Crippen molar-refractivity contribution in [3.63, 3.8) is 0 Å². The topological polar surface area (TPSA) is 86.8 Å². The first-order chi connectivity index (χ1) is 21.1. The van der Waals surface area contributed by atoms with Crippen molar-refractivity contribution in [2.24, 2.45) is 0 Å². The summed E-state index contributed by atoms with van der Waals surface area (Å²) in [5, 5.41) is 3.16. The number of rotatable bonds is 13. The van der Waals surface area contributed by atoms with Crippen LogP contribution in [0.4, 0.5) is 10.1 Å². The van der Waals surface area contributed by atoms with Crippen molar-refractivity contribution in [1.82, 2.24) is 10.2 Å². The summed E-state index contributed by atoms with van der Waals surface area (Å²) in [5.74, 6) is -1.52. The van der Waals surface area contributed by atoms with E-state index in [-0.39, 0.29) is 33.6 Å². The van der Waals surface area contributed by atoms with Crippen molar-refractivity contribution in [3.8, 4) is 0 Å². The number of hydrogen-bond donors (Lipinski definition) is 1. The number of carbonyl (C=O) groups is 2. The van der Waals surface area contributed by atoms with E-state index in [1.165, 1.54) is 59.5 Å². The molecule has 4 aromatic carbocycles. The van der Waals surface area contributed by atoms with E-state index in [0.29, 0.717) is 18.5 Å². The van der Waals surface area contributed by atoms with Crippen molar-refractivity contribution >= 4 is 50.7 Å². The molecule has 1 unspecified atom stereocenters. The summed E-state index contributed by atoms with van der Waals surface area (Å²) < 4.78 is 42.7. The molecule has 0 aliphatic heterocycles. The highest BCUT2D eigenvalue weighted by molar-refractivity contribution is 7.92. The van der Waals surface area contributed by atoms with Crippen LogP contribution in [-0.2, 0) is 32.6 Å². The lowest BCUT2D eigenvalue weighted by Crippen LogP contribution is -2.53. The highest BCUT2D eigenvalue weighted by atomic mass is 35.5. The minimum atomic E-state index is -4.33. The number of sulfonamides is 1. The largest absolute Gasteiger partial charge is 0.354 e. The molecule has 1 N–H and O–H groups in total. The first-order valence-electron chi connectivity index (χ1n) is 14.0. The average molecular weight is 657 g/mol. The van der Waals surface area contributed by atoms with Crippen molar-refractivity contribution in [1.29, 1.82) is 0 Å². The number of carbonyl (C=O) groups excluding carboxylic acids is 2. The molecule has 2 amide bonds. The molecule has 0 heterocycles. The van der Waals surface area contributed by atoms with E-state index in [0.717, 1.165) is 9.87 Å². The first kappa shape index (κ1) is 33.0. The molecule has 230 valence electrons. The zero-order valence-corrected chi connectivity index (χ0v) is 26.3. The molecule has 44 heavy (non-hydrogen) atoms. The zero-order chi connectivity index (χ0) is 31.7. The van der Waals surface area contributed by atoms with Gasteiger partial charge in [-0.3, -0.25) is 13.9 Å². The molecule has 4 rings (SSSR count). The second kappa shape index (κ2) is 15.2. The Labute approximate surface area is 267 Å². The number of anilines is 1. The minimum absolute atomic E-state index is 0.00754. The number of benzene rings is 4. The smallest absolute Gasteiger partial charge is 0.264 e. The maximum atomic E-state index is 14.4. The van der Waals surface area contributed by atoms with Gasteiger partial charge in [-0.25, -0.2) is 12.8 Å². The van der Waals surface area contributed by atoms with Gasteiger partial charge < -0.3 is 10.2 Å². The lowest BCUT2D eigenvalue weighted by atomic mass is 10.0. The molecule has 7 nitrogen and oxygen atoms in total. The Morgan fingerprint density at radius 1 is 0.864 bits per heavy atom. The summed E-state index contributed by atoms with van der Waals surface area (Å²) in [6, 6.07) is 25.7. The summed E-state index contributed by atoms with van der Waals surface area (Å²) in [6.45, 7) is 1.52. The van der Waals surface area contributed by atoms with Crippen molar-refractivity contribution in [2.45, 2.75) is 37.2 Å². The van der Waals surface area contributed by atoms with Gasteiger partial charge in [-0.1, -0.05) is 90.8 Å². The van der Waals surface area contributed by atoms with E-state index in [1.807, 2.05) is 37.3 Å². The second-order valence-electron chi connectivity index (χ2n) is 10.1. The molecule has 0 saturated carbocycles. The highest BCUT2D eigenvalue weighted by Gasteiger charge is 2.35. The SMILES string of the molecule is CCCNC(=O)C(Cc1ccccc1)N(Cc1ccc(F)cc1)C(=O)CN(c1cc(Cl)ccc1Cl)S(=O)(=O)c1ccccc1. The minimum Gasteiger partial charge on any atom is -0.354 e. The maximum absolute atomic E-state index is 14.4. The van der Waals surface area contributed by atoms with Crippen LogP contribution in [0.15, 0.2) is 108 Å². The summed E-state index contributed by atoms with van der Waals surface area (Å²) in [6.07, 6.45) is 0.832. The summed E-state index contributed by atoms with van der Waals surface area (Å²) in [4.78, 5) is 29.3. The predicted molar refractivity (Wildman–Crippen MR) is 172 cm³/mol. The number of nitrogens with one attached hydrogen (secondary N) is 1. The van der Waals surface area contributed by atoms with E-state index in [9.17, 15) is 22.4 Å². The van der Waals surface area contributed by atoms with Gasteiger partial charge in [0, 0.05) is 24.5 Å². The van der Waals surface area contributed by atoms with Crippen molar-refractivity contribution < 1.29 is 22.4 Å². The molecule has 0 aliphatic rings. The monoisotopic (exact) mass is 655 g/mol. The molecule has 0 aliphatic carbocycles. The molecule has 4 aromatic rings. The first-order valence-corrected chi connectivity index (χ1v) is 16.2. The molecule has 0 saturated heterocycles. The normalized spacial score (nSPS) is 11.9. The van der Waals surface area contributed by atoms with E-state index in [2.05, 4.69) is 5.32 Å². The fourth-order valence-corrected chi connectivity index (χ4v) is 6.50. The maximum Gasteiger partial charge on any atom is 0.264 e. The molecule has 0 aromatic heterocycles. The summed E-state index contributed by atoms with van der Waals surface area (Å²) >= 11 is 12.7. The second-order valence-corrected chi connectivity index (χ2v) is 12.8. The third-order valence-corrected chi connectivity index (χ3v) is 9.20. The molecule has 0 fully saturated rings. The molecule has 0 radical (unpaired) electrons. The Hall–Kier alpha value is -3.92. The van der Waals surface area contributed by atoms with Gasteiger partial charge in [-0.05, 0) is 60.0 Å². The fourth-order valence-electron chi connectivity index (χ4n) is 4.62. The number of halogens is 3. The fraction of sp³-hybridized carbons (Fsp3) is 0.212. The van der Waals surface area contributed by atoms with Crippen LogP contribution in [0.5, 0.6) is 0 Å². The Bertz CT molecular complexity index is 1670.